The van der Waals surface area contributed by atoms with E-state index in [0.717, 1.165) is 24.2 Å². The fourth-order valence-corrected chi connectivity index (χ4v) is 1.39. The number of hydrogen-bond acceptors (Lipinski definition) is 2. The van der Waals surface area contributed by atoms with Crippen LogP contribution in [0.5, 0.6) is 5.75 Å². The Balaban J connectivity index is 2.72. The van der Waals surface area contributed by atoms with E-state index in [1.807, 2.05) is 30.3 Å². The average molecular weight is 205 g/mol. The highest BCUT2D eigenvalue weighted by atomic mass is 16.5. The molecule has 0 radical (unpaired) electrons. The molecule has 1 rings (SSSR count). The second-order valence-electron chi connectivity index (χ2n) is 3.48. The van der Waals surface area contributed by atoms with Crippen LogP contribution in [0.15, 0.2) is 36.9 Å². The van der Waals surface area contributed by atoms with E-state index in [9.17, 15) is 0 Å². The minimum absolute atomic E-state index is 0.0601. The number of benzene rings is 1. The van der Waals surface area contributed by atoms with Gasteiger partial charge in [-0.25, -0.2) is 0 Å². The lowest BCUT2D eigenvalue weighted by molar-refractivity contribution is 0.319. The summed E-state index contributed by atoms with van der Waals surface area (Å²) in [6.45, 7) is 6.40. The van der Waals surface area contributed by atoms with E-state index < -0.39 is 0 Å². The van der Waals surface area contributed by atoms with E-state index in [-0.39, 0.29) is 6.04 Å². The van der Waals surface area contributed by atoms with Crippen LogP contribution in [0.1, 0.15) is 31.4 Å². The summed E-state index contributed by atoms with van der Waals surface area (Å²) in [6.07, 6.45) is 3.62. The molecule has 0 aliphatic rings. The molecule has 2 heteroatoms. The first kappa shape index (κ1) is 11.8. The van der Waals surface area contributed by atoms with Gasteiger partial charge in [-0.3, -0.25) is 0 Å². The van der Waals surface area contributed by atoms with Gasteiger partial charge in [0.05, 0.1) is 6.61 Å². The van der Waals surface area contributed by atoms with E-state index >= 15 is 0 Å². The Hall–Kier alpha value is -1.28. The molecule has 0 aromatic heterocycles. The second kappa shape index (κ2) is 6.25. The Kier molecular flexibility index (Phi) is 4.91. The SMILES string of the molecule is C=CCCOc1ccccc1[C@H](N)CC. The number of ether oxygens (including phenoxy) is 1. The molecule has 2 nitrogen and oxygen atoms in total. The summed E-state index contributed by atoms with van der Waals surface area (Å²) in [6, 6.07) is 8.01. The highest BCUT2D eigenvalue weighted by Crippen LogP contribution is 2.25. The Bertz CT molecular complexity index is 309. The van der Waals surface area contributed by atoms with Crippen LogP contribution in [0.25, 0.3) is 0 Å². The molecule has 0 saturated heterocycles. The van der Waals surface area contributed by atoms with Crippen LogP contribution >= 0.6 is 0 Å². The minimum atomic E-state index is 0.0601. The maximum atomic E-state index is 6.00. The third kappa shape index (κ3) is 3.40. The van der Waals surface area contributed by atoms with Crippen LogP contribution in [0.2, 0.25) is 0 Å². The summed E-state index contributed by atoms with van der Waals surface area (Å²) in [5, 5.41) is 0. The number of hydrogen-bond donors (Lipinski definition) is 1. The maximum absolute atomic E-state index is 6.00. The van der Waals surface area contributed by atoms with Crippen molar-refractivity contribution >= 4 is 0 Å². The molecule has 0 saturated carbocycles. The molecule has 0 heterocycles. The van der Waals surface area contributed by atoms with Gasteiger partial charge in [-0.2, -0.15) is 0 Å². The topological polar surface area (TPSA) is 35.2 Å². The van der Waals surface area contributed by atoms with Gasteiger partial charge in [0.1, 0.15) is 5.75 Å². The van der Waals surface area contributed by atoms with Crippen molar-refractivity contribution in [2.45, 2.75) is 25.8 Å². The molecule has 0 fully saturated rings. The van der Waals surface area contributed by atoms with E-state index in [4.69, 9.17) is 10.5 Å². The van der Waals surface area contributed by atoms with E-state index in [0.29, 0.717) is 6.61 Å². The van der Waals surface area contributed by atoms with Crippen LogP contribution in [-0.2, 0) is 0 Å². The largest absolute Gasteiger partial charge is 0.493 e. The normalized spacial score (nSPS) is 12.1. The number of nitrogens with two attached hydrogens (primary N) is 1. The molecule has 0 spiro atoms. The van der Waals surface area contributed by atoms with Crippen molar-refractivity contribution in [1.29, 1.82) is 0 Å². The van der Waals surface area contributed by atoms with Gasteiger partial charge in [0.2, 0.25) is 0 Å². The van der Waals surface area contributed by atoms with E-state index in [2.05, 4.69) is 13.5 Å². The minimum Gasteiger partial charge on any atom is -0.493 e. The Morgan fingerprint density at radius 3 is 2.87 bits per heavy atom. The molecule has 1 aromatic rings. The summed E-state index contributed by atoms with van der Waals surface area (Å²) in [7, 11) is 0. The molecular weight excluding hydrogens is 186 g/mol. The first-order valence-corrected chi connectivity index (χ1v) is 5.37. The zero-order valence-electron chi connectivity index (χ0n) is 9.28. The highest BCUT2D eigenvalue weighted by molar-refractivity contribution is 5.35. The van der Waals surface area contributed by atoms with Crippen molar-refractivity contribution in [2.75, 3.05) is 6.61 Å². The van der Waals surface area contributed by atoms with Gasteiger partial charge in [-0.1, -0.05) is 31.2 Å². The van der Waals surface area contributed by atoms with Crippen LogP contribution in [0.3, 0.4) is 0 Å². The van der Waals surface area contributed by atoms with Gasteiger partial charge in [-0.15, -0.1) is 6.58 Å². The van der Waals surface area contributed by atoms with Gasteiger partial charge in [0.15, 0.2) is 0 Å². The molecule has 1 atom stereocenters. The van der Waals surface area contributed by atoms with Gasteiger partial charge < -0.3 is 10.5 Å². The lowest BCUT2D eigenvalue weighted by Crippen LogP contribution is -2.11. The highest BCUT2D eigenvalue weighted by Gasteiger charge is 2.08. The lowest BCUT2D eigenvalue weighted by Gasteiger charge is -2.15. The summed E-state index contributed by atoms with van der Waals surface area (Å²) < 4.78 is 5.65. The first-order valence-electron chi connectivity index (χ1n) is 5.37. The predicted molar refractivity (Wildman–Crippen MR) is 64.0 cm³/mol. The monoisotopic (exact) mass is 205 g/mol. The summed E-state index contributed by atoms with van der Waals surface area (Å²) in [5.74, 6) is 0.897. The van der Waals surface area contributed by atoms with Crippen LogP contribution in [0.4, 0.5) is 0 Å². The fourth-order valence-electron chi connectivity index (χ4n) is 1.39. The standard InChI is InChI=1S/C13H19NO/c1-3-5-10-15-13-9-7-6-8-11(13)12(14)4-2/h3,6-9,12H,1,4-5,10,14H2,2H3/t12-/m1/s1. The Morgan fingerprint density at radius 2 is 2.20 bits per heavy atom. The summed E-state index contributed by atoms with van der Waals surface area (Å²) in [5.41, 5.74) is 7.09. The van der Waals surface area contributed by atoms with Crippen molar-refractivity contribution in [3.05, 3.63) is 42.5 Å². The van der Waals surface area contributed by atoms with Crippen molar-refractivity contribution in [2.24, 2.45) is 5.73 Å². The molecule has 0 bridgehead atoms. The van der Waals surface area contributed by atoms with Crippen molar-refractivity contribution in [3.63, 3.8) is 0 Å². The quantitative estimate of drug-likeness (QED) is 0.572. The third-order valence-corrected chi connectivity index (χ3v) is 2.34. The molecule has 82 valence electrons. The number of rotatable bonds is 6. The Labute approximate surface area is 91.7 Å². The summed E-state index contributed by atoms with van der Waals surface area (Å²) >= 11 is 0. The van der Waals surface area contributed by atoms with E-state index in [1.165, 1.54) is 0 Å². The van der Waals surface area contributed by atoms with Crippen LogP contribution < -0.4 is 10.5 Å². The molecule has 0 aliphatic carbocycles. The average Bonchev–Trinajstić information content (AvgIpc) is 2.29. The molecule has 15 heavy (non-hydrogen) atoms. The molecule has 0 unspecified atom stereocenters. The van der Waals surface area contributed by atoms with Crippen molar-refractivity contribution in [1.82, 2.24) is 0 Å². The van der Waals surface area contributed by atoms with Crippen molar-refractivity contribution < 1.29 is 4.74 Å². The van der Waals surface area contributed by atoms with Crippen molar-refractivity contribution in [3.8, 4) is 5.75 Å². The molecule has 0 amide bonds. The zero-order valence-corrected chi connectivity index (χ0v) is 9.28. The molecule has 0 aliphatic heterocycles. The third-order valence-electron chi connectivity index (χ3n) is 2.34. The Morgan fingerprint density at radius 1 is 1.47 bits per heavy atom. The van der Waals surface area contributed by atoms with Gasteiger partial charge in [0, 0.05) is 11.6 Å². The predicted octanol–water partition coefficient (Wildman–Crippen LogP) is 3.05. The van der Waals surface area contributed by atoms with Crippen LogP contribution in [-0.4, -0.2) is 6.61 Å². The lowest BCUT2D eigenvalue weighted by atomic mass is 10.0. The maximum Gasteiger partial charge on any atom is 0.124 e. The van der Waals surface area contributed by atoms with Crippen LogP contribution in [0, 0.1) is 0 Å². The molecule has 1 aromatic carbocycles. The summed E-state index contributed by atoms with van der Waals surface area (Å²) in [4.78, 5) is 0. The first-order chi connectivity index (χ1) is 7.29. The second-order valence-corrected chi connectivity index (χ2v) is 3.48. The smallest absolute Gasteiger partial charge is 0.124 e. The fraction of sp³-hybridized carbons (Fsp3) is 0.385. The number of para-hydroxylation sites is 1. The van der Waals surface area contributed by atoms with Gasteiger partial charge in [-0.05, 0) is 18.9 Å². The molecule has 2 N–H and O–H groups in total. The zero-order chi connectivity index (χ0) is 11.1. The van der Waals surface area contributed by atoms with Gasteiger partial charge in [0.25, 0.3) is 0 Å². The molecular formula is C13H19NO. The van der Waals surface area contributed by atoms with Gasteiger partial charge >= 0.3 is 0 Å². The van der Waals surface area contributed by atoms with E-state index in [1.54, 1.807) is 0 Å².